The molecule has 0 saturated carbocycles. The summed E-state index contributed by atoms with van der Waals surface area (Å²) in [5, 5.41) is 0. The minimum Gasteiger partial charge on any atom is -0.497 e. The maximum absolute atomic E-state index is 13.3. The highest BCUT2D eigenvalue weighted by molar-refractivity contribution is 6.00. The third-order valence-corrected chi connectivity index (χ3v) is 5.76. The highest BCUT2D eigenvalue weighted by Crippen LogP contribution is 2.29. The van der Waals surface area contributed by atoms with Crippen molar-refractivity contribution in [1.82, 2.24) is 14.0 Å². The molecule has 34 heavy (non-hydrogen) atoms. The van der Waals surface area contributed by atoms with Gasteiger partial charge in [-0.05, 0) is 42.3 Å². The zero-order valence-electron chi connectivity index (χ0n) is 18.0. The van der Waals surface area contributed by atoms with Crippen molar-refractivity contribution in [2.45, 2.75) is 38.1 Å². The molecule has 0 N–H and O–H groups in total. The zero-order valence-corrected chi connectivity index (χ0v) is 18.0. The van der Waals surface area contributed by atoms with Crippen LogP contribution in [0.2, 0.25) is 0 Å². The van der Waals surface area contributed by atoms with E-state index >= 15 is 0 Å². The number of likely N-dealkylation sites (tertiary alicyclic amines) is 1. The van der Waals surface area contributed by atoms with E-state index in [0.29, 0.717) is 22.2 Å². The third kappa shape index (κ3) is 4.33. The monoisotopic (exact) mass is 475 g/mol. The molecule has 8 nitrogen and oxygen atoms in total. The van der Waals surface area contributed by atoms with Crippen LogP contribution in [0.3, 0.4) is 0 Å². The number of halogens is 3. The molecule has 1 fully saturated rings. The summed E-state index contributed by atoms with van der Waals surface area (Å²) in [6, 6.07) is 9.43. The fraction of sp³-hybridized carbons (Fsp3) is 0.304. The summed E-state index contributed by atoms with van der Waals surface area (Å²) in [6.45, 7) is -1.63. The summed E-state index contributed by atoms with van der Waals surface area (Å²) in [5.74, 6) is -0.524. The van der Waals surface area contributed by atoms with Gasteiger partial charge in [0.05, 0.1) is 24.7 Å². The first-order valence-corrected chi connectivity index (χ1v) is 10.4. The minimum absolute atomic E-state index is 0.0305. The molecular formula is C23H20F3N3O5. The van der Waals surface area contributed by atoms with Crippen molar-refractivity contribution in [3.05, 3.63) is 64.1 Å². The number of aromatic nitrogens is 2. The summed E-state index contributed by atoms with van der Waals surface area (Å²) in [5.41, 5.74) is -0.333. The number of aldehydes is 1. The largest absolute Gasteiger partial charge is 0.497 e. The summed E-state index contributed by atoms with van der Waals surface area (Å²) in [6.07, 6.45) is -4.33. The van der Waals surface area contributed by atoms with E-state index in [9.17, 15) is 32.3 Å². The molecule has 1 atom stereocenters. The average Bonchev–Trinajstić information content (AvgIpc) is 3.06. The molecule has 0 radical (unpaired) electrons. The smallest absolute Gasteiger partial charge is 0.406 e. The van der Waals surface area contributed by atoms with Crippen LogP contribution < -0.4 is 10.4 Å². The Labute approximate surface area is 191 Å². The van der Waals surface area contributed by atoms with E-state index in [1.165, 1.54) is 25.3 Å². The van der Waals surface area contributed by atoms with E-state index in [1.54, 1.807) is 24.3 Å². The van der Waals surface area contributed by atoms with E-state index in [1.807, 2.05) is 0 Å². The van der Waals surface area contributed by atoms with Gasteiger partial charge in [0.25, 0.3) is 5.91 Å². The molecule has 2 aromatic carbocycles. The summed E-state index contributed by atoms with van der Waals surface area (Å²) in [7, 11) is 1.50. The molecule has 1 saturated heterocycles. The number of rotatable bonds is 6. The van der Waals surface area contributed by atoms with Gasteiger partial charge in [-0.1, -0.05) is 12.1 Å². The van der Waals surface area contributed by atoms with Gasteiger partial charge in [-0.3, -0.25) is 28.4 Å². The van der Waals surface area contributed by atoms with E-state index in [4.69, 9.17) is 4.74 Å². The van der Waals surface area contributed by atoms with Crippen molar-refractivity contribution in [2.75, 3.05) is 7.11 Å². The number of imide groups is 1. The molecule has 0 spiro atoms. The van der Waals surface area contributed by atoms with Gasteiger partial charge in [-0.2, -0.15) is 13.2 Å². The maximum Gasteiger partial charge on any atom is 0.406 e. The number of amides is 2. The van der Waals surface area contributed by atoms with Crippen LogP contribution in [0.1, 0.15) is 34.8 Å². The SMILES string of the molecule is COc1ccc(CN2C(=O)CCC(n3c(=O)n(CC(F)(F)F)c4cc(C=O)ccc43)C2=O)cc1. The standard InChI is InChI=1S/C23H20F3N3O5/c1-34-16-5-2-14(3-6-16)11-27-20(31)9-8-18(21(27)32)29-17-7-4-15(12-30)10-19(17)28(22(29)33)13-23(24,25)26/h2-7,10,12,18H,8-9,11,13H2,1H3. The van der Waals surface area contributed by atoms with Crippen molar-refractivity contribution in [3.8, 4) is 5.75 Å². The third-order valence-electron chi connectivity index (χ3n) is 5.76. The second-order valence-corrected chi connectivity index (χ2v) is 7.94. The van der Waals surface area contributed by atoms with Crippen molar-refractivity contribution in [1.29, 1.82) is 0 Å². The fourth-order valence-corrected chi connectivity index (χ4v) is 4.14. The van der Waals surface area contributed by atoms with Gasteiger partial charge in [-0.25, -0.2) is 4.79 Å². The molecule has 4 rings (SSSR count). The molecule has 2 amide bonds. The van der Waals surface area contributed by atoms with E-state index < -0.39 is 36.3 Å². The first-order valence-electron chi connectivity index (χ1n) is 10.4. The first kappa shape index (κ1) is 23.3. The van der Waals surface area contributed by atoms with Crippen LogP contribution in [0.5, 0.6) is 5.75 Å². The van der Waals surface area contributed by atoms with Gasteiger partial charge < -0.3 is 4.74 Å². The van der Waals surface area contributed by atoms with Crippen LogP contribution in [0.25, 0.3) is 11.0 Å². The number of imidazole rings is 1. The second kappa shape index (κ2) is 8.81. The number of ether oxygens (including phenoxy) is 1. The molecule has 2 heterocycles. The predicted octanol–water partition coefficient (Wildman–Crippen LogP) is 3.08. The Morgan fingerprint density at radius 1 is 1.06 bits per heavy atom. The van der Waals surface area contributed by atoms with Crippen molar-refractivity contribution >= 4 is 29.1 Å². The minimum atomic E-state index is -4.70. The Hall–Kier alpha value is -3.89. The predicted molar refractivity (Wildman–Crippen MR) is 114 cm³/mol. The van der Waals surface area contributed by atoms with Crippen LogP contribution in [-0.4, -0.2) is 45.4 Å². The average molecular weight is 475 g/mol. The van der Waals surface area contributed by atoms with Crippen LogP contribution in [-0.2, 0) is 22.7 Å². The lowest BCUT2D eigenvalue weighted by molar-refractivity contribution is -0.151. The van der Waals surface area contributed by atoms with E-state index in [0.717, 1.165) is 9.47 Å². The molecule has 1 aliphatic rings. The topological polar surface area (TPSA) is 90.6 Å². The van der Waals surface area contributed by atoms with E-state index in [2.05, 4.69) is 0 Å². The Balaban J connectivity index is 1.76. The summed E-state index contributed by atoms with van der Waals surface area (Å²) in [4.78, 5) is 51.1. The zero-order chi connectivity index (χ0) is 24.6. The lowest BCUT2D eigenvalue weighted by Gasteiger charge is -2.31. The Bertz CT molecular complexity index is 1320. The normalized spacial score (nSPS) is 16.8. The molecule has 1 aliphatic heterocycles. The molecule has 0 bridgehead atoms. The lowest BCUT2D eigenvalue weighted by Crippen LogP contribution is -2.47. The molecule has 11 heteroatoms. The maximum atomic E-state index is 13.3. The van der Waals surface area contributed by atoms with Crippen LogP contribution in [0, 0.1) is 0 Å². The number of carbonyl (C=O) groups excluding carboxylic acids is 3. The summed E-state index contributed by atoms with van der Waals surface area (Å²) < 4.78 is 46.2. The number of hydrogen-bond acceptors (Lipinski definition) is 5. The second-order valence-electron chi connectivity index (χ2n) is 7.94. The van der Waals surface area contributed by atoms with Crippen molar-refractivity contribution in [2.24, 2.45) is 0 Å². The number of hydrogen-bond donors (Lipinski definition) is 0. The Kier molecular flexibility index (Phi) is 6.03. The van der Waals surface area contributed by atoms with Crippen molar-refractivity contribution in [3.63, 3.8) is 0 Å². The van der Waals surface area contributed by atoms with Gasteiger partial charge in [0.1, 0.15) is 24.6 Å². The number of benzene rings is 2. The number of nitrogens with zero attached hydrogens (tertiary/aromatic N) is 3. The Morgan fingerprint density at radius 3 is 2.38 bits per heavy atom. The van der Waals surface area contributed by atoms with Gasteiger partial charge in [0, 0.05) is 12.0 Å². The quantitative estimate of drug-likeness (QED) is 0.404. The highest BCUT2D eigenvalue weighted by atomic mass is 19.4. The molecular weight excluding hydrogens is 455 g/mol. The highest BCUT2D eigenvalue weighted by Gasteiger charge is 2.39. The first-order chi connectivity index (χ1) is 16.1. The number of piperidine rings is 1. The molecule has 0 aliphatic carbocycles. The van der Waals surface area contributed by atoms with E-state index in [-0.39, 0.29) is 36.0 Å². The van der Waals surface area contributed by atoms with Crippen LogP contribution in [0.4, 0.5) is 13.2 Å². The van der Waals surface area contributed by atoms with Crippen LogP contribution >= 0.6 is 0 Å². The number of fused-ring (bicyclic) bond motifs is 1. The molecule has 1 aromatic heterocycles. The molecule has 178 valence electrons. The van der Waals surface area contributed by atoms with Gasteiger partial charge in [0.15, 0.2) is 0 Å². The molecule has 3 aromatic rings. The molecule has 1 unspecified atom stereocenters. The fourth-order valence-electron chi connectivity index (χ4n) is 4.14. The summed E-state index contributed by atoms with van der Waals surface area (Å²) >= 11 is 0. The lowest BCUT2D eigenvalue weighted by atomic mass is 10.0. The van der Waals surface area contributed by atoms with Gasteiger partial charge in [0.2, 0.25) is 5.91 Å². The van der Waals surface area contributed by atoms with Crippen molar-refractivity contribution < 1.29 is 32.3 Å². The van der Waals surface area contributed by atoms with Crippen LogP contribution in [0.15, 0.2) is 47.3 Å². The van der Waals surface area contributed by atoms with Gasteiger partial charge >= 0.3 is 11.9 Å². The number of carbonyl (C=O) groups is 3. The number of alkyl halides is 3. The number of methoxy groups -OCH3 is 1. The van der Waals surface area contributed by atoms with Gasteiger partial charge in [-0.15, -0.1) is 0 Å². The Morgan fingerprint density at radius 2 is 1.76 bits per heavy atom.